The van der Waals surface area contributed by atoms with Gasteiger partial charge in [-0.3, -0.25) is 14.6 Å². The maximum absolute atomic E-state index is 12.5. The molecule has 4 atom stereocenters. The van der Waals surface area contributed by atoms with Crippen LogP contribution in [0.3, 0.4) is 0 Å². The largest absolute Gasteiger partial charge is 0.477 e. The summed E-state index contributed by atoms with van der Waals surface area (Å²) in [5.74, 6) is -1.02. The molecule has 2 fully saturated rings. The third-order valence-corrected chi connectivity index (χ3v) is 8.72. The second-order valence-electron chi connectivity index (χ2n) is 7.72. The summed E-state index contributed by atoms with van der Waals surface area (Å²) < 4.78 is 0.702. The SMILES string of the molecule is CC[C@H](O)[C@@H]1C(=O)N2C(C(=O)O)=C(SC[C@@H]3CCCN3Cc3ccccc3)S[C@H]12. The number of benzene rings is 1. The van der Waals surface area contributed by atoms with Gasteiger partial charge in [0.1, 0.15) is 5.37 Å². The summed E-state index contributed by atoms with van der Waals surface area (Å²) in [6.45, 7) is 3.79. The Kier molecular flexibility index (Phi) is 6.24. The Morgan fingerprint density at radius 3 is 2.79 bits per heavy atom. The molecular formula is C21H26N2O4S2. The van der Waals surface area contributed by atoms with Gasteiger partial charge in [0, 0.05) is 18.3 Å². The first-order chi connectivity index (χ1) is 14.0. The van der Waals surface area contributed by atoms with Crippen molar-refractivity contribution >= 4 is 35.4 Å². The Hall–Kier alpha value is -1.48. The van der Waals surface area contributed by atoms with Gasteiger partial charge >= 0.3 is 5.97 Å². The van der Waals surface area contributed by atoms with E-state index in [1.54, 1.807) is 11.8 Å². The monoisotopic (exact) mass is 434 g/mol. The number of carboxylic acids is 1. The van der Waals surface area contributed by atoms with Crippen LogP contribution in [0.2, 0.25) is 0 Å². The molecule has 156 valence electrons. The third kappa shape index (κ3) is 3.95. The molecule has 1 aromatic rings. The van der Waals surface area contributed by atoms with Gasteiger partial charge in [0.25, 0.3) is 0 Å². The van der Waals surface area contributed by atoms with Crippen LogP contribution in [0.15, 0.2) is 40.3 Å². The lowest BCUT2D eigenvalue weighted by molar-refractivity contribution is -0.157. The molecule has 0 saturated carbocycles. The van der Waals surface area contributed by atoms with Gasteiger partial charge in [-0.25, -0.2) is 4.79 Å². The Labute approximate surface area is 179 Å². The zero-order valence-corrected chi connectivity index (χ0v) is 18.0. The number of aliphatic carboxylic acids is 1. The van der Waals surface area contributed by atoms with E-state index in [-0.39, 0.29) is 17.0 Å². The van der Waals surface area contributed by atoms with Gasteiger partial charge in [-0.15, -0.1) is 11.8 Å². The standard InChI is InChI=1S/C21H26N2O4S2/c1-2-15(24)16-18(25)23-17(20(26)27)21(29-19(16)23)28-12-14-9-6-10-22(14)11-13-7-4-3-5-8-13/h3-5,7-8,14-16,19,24H,2,6,9-12H2,1H3,(H,26,27)/t14-,15-,16+,19+/m0/s1. The van der Waals surface area contributed by atoms with Crippen molar-refractivity contribution in [2.75, 3.05) is 12.3 Å². The molecule has 0 radical (unpaired) electrons. The van der Waals surface area contributed by atoms with Crippen molar-refractivity contribution in [3.63, 3.8) is 0 Å². The number of carboxylic acid groups (broad SMARTS) is 1. The molecular weight excluding hydrogens is 408 g/mol. The average Bonchev–Trinajstić information content (AvgIpc) is 3.29. The Balaban J connectivity index is 1.42. The molecule has 0 aliphatic carbocycles. The number of likely N-dealkylation sites (tertiary alicyclic amines) is 1. The highest BCUT2D eigenvalue weighted by Crippen LogP contribution is 2.54. The predicted molar refractivity (Wildman–Crippen MR) is 115 cm³/mol. The molecule has 29 heavy (non-hydrogen) atoms. The number of carbonyl (C=O) groups is 2. The van der Waals surface area contributed by atoms with Crippen molar-refractivity contribution in [3.05, 3.63) is 45.8 Å². The molecule has 8 heteroatoms. The van der Waals surface area contributed by atoms with Crippen LogP contribution in [0.25, 0.3) is 0 Å². The number of nitrogens with zero attached hydrogens (tertiary/aromatic N) is 2. The molecule has 1 amide bonds. The second kappa shape index (κ2) is 8.71. The molecule has 3 aliphatic rings. The van der Waals surface area contributed by atoms with Gasteiger partial charge < -0.3 is 10.2 Å². The number of amides is 1. The van der Waals surface area contributed by atoms with Crippen LogP contribution in [0, 0.1) is 5.92 Å². The van der Waals surface area contributed by atoms with Gasteiger partial charge in [-0.1, -0.05) is 49.0 Å². The fourth-order valence-corrected chi connectivity index (χ4v) is 7.39. The minimum absolute atomic E-state index is 0.0992. The zero-order valence-electron chi connectivity index (χ0n) is 16.4. The number of thioether (sulfide) groups is 2. The lowest BCUT2D eigenvalue weighted by Gasteiger charge is -2.44. The van der Waals surface area contributed by atoms with E-state index in [4.69, 9.17) is 0 Å². The minimum Gasteiger partial charge on any atom is -0.477 e. The van der Waals surface area contributed by atoms with Crippen LogP contribution < -0.4 is 0 Å². The van der Waals surface area contributed by atoms with Crippen molar-refractivity contribution in [1.82, 2.24) is 9.80 Å². The first kappa shape index (κ1) is 20.8. The van der Waals surface area contributed by atoms with Crippen LogP contribution in [-0.4, -0.2) is 61.7 Å². The molecule has 2 N–H and O–H groups in total. The minimum atomic E-state index is -1.06. The highest BCUT2D eigenvalue weighted by atomic mass is 32.2. The number of rotatable bonds is 8. The van der Waals surface area contributed by atoms with Gasteiger partial charge in [-0.2, -0.15) is 0 Å². The molecule has 1 aromatic carbocycles. The lowest BCUT2D eigenvalue weighted by atomic mass is 9.90. The first-order valence-corrected chi connectivity index (χ1v) is 11.9. The third-order valence-electron chi connectivity index (χ3n) is 5.92. The number of aliphatic hydroxyl groups is 1. The van der Waals surface area contributed by atoms with E-state index >= 15 is 0 Å². The van der Waals surface area contributed by atoms with Crippen LogP contribution >= 0.6 is 23.5 Å². The van der Waals surface area contributed by atoms with Crippen LogP contribution in [-0.2, 0) is 16.1 Å². The second-order valence-corrected chi connectivity index (χ2v) is 10.1. The van der Waals surface area contributed by atoms with E-state index in [0.29, 0.717) is 16.7 Å². The van der Waals surface area contributed by atoms with Gasteiger partial charge in [0.2, 0.25) is 5.91 Å². The fraction of sp³-hybridized carbons (Fsp3) is 0.524. The average molecular weight is 435 g/mol. The Morgan fingerprint density at radius 2 is 2.10 bits per heavy atom. The van der Waals surface area contributed by atoms with E-state index in [9.17, 15) is 19.8 Å². The molecule has 2 saturated heterocycles. The fourth-order valence-electron chi connectivity index (χ4n) is 4.30. The molecule has 0 bridgehead atoms. The Morgan fingerprint density at radius 1 is 1.34 bits per heavy atom. The van der Waals surface area contributed by atoms with E-state index < -0.39 is 18.0 Å². The van der Waals surface area contributed by atoms with Crippen molar-refractivity contribution in [2.24, 2.45) is 5.92 Å². The predicted octanol–water partition coefficient (Wildman–Crippen LogP) is 2.94. The molecule has 0 aromatic heterocycles. The normalized spacial score (nSPS) is 27.9. The van der Waals surface area contributed by atoms with Gasteiger partial charge in [-0.05, 0) is 31.4 Å². The molecule has 6 nitrogen and oxygen atoms in total. The van der Waals surface area contributed by atoms with Crippen molar-refractivity contribution in [2.45, 2.75) is 50.3 Å². The topological polar surface area (TPSA) is 81.1 Å². The van der Waals surface area contributed by atoms with Crippen LogP contribution in [0.5, 0.6) is 0 Å². The summed E-state index contributed by atoms with van der Waals surface area (Å²) in [6.07, 6.45) is 2.02. The highest BCUT2D eigenvalue weighted by Gasteiger charge is 2.58. The number of hydrogen-bond donors (Lipinski definition) is 2. The van der Waals surface area contributed by atoms with E-state index in [1.807, 2.05) is 13.0 Å². The van der Waals surface area contributed by atoms with Gasteiger partial charge in [0.15, 0.2) is 5.70 Å². The number of aliphatic hydroxyl groups excluding tert-OH is 1. The smallest absolute Gasteiger partial charge is 0.354 e. The molecule has 3 aliphatic heterocycles. The summed E-state index contributed by atoms with van der Waals surface area (Å²) in [4.78, 5) is 28.1. The van der Waals surface area contributed by atoms with E-state index in [2.05, 4.69) is 29.2 Å². The number of carbonyl (C=O) groups excluding carboxylic acids is 1. The zero-order chi connectivity index (χ0) is 20.5. The molecule has 4 rings (SSSR count). The first-order valence-electron chi connectivity index (χ1n) is 10.1. The van der Waals surface area contributed by atoms with Crippen LogP contribution in [0.4, 0.5) is 0 Å². The summed E-state index contributed by atoms with van der Waals surface area (Å²) in [5.41, 5.74) is 1.39. The van der Waals surface area contributed by atoms with Crippen molar-refractivity contribution < 1.29 is 19.8 Å². The van der Waals surface area contributed by atoms with Crippen molar-refractivity contribution in [1.29, 1.82) is 0 Å². The summed E-state index contributed by atoms with van der Waals surface area (Å²) in [5, 5.41) is 19.6. The summed E-state index contributed by atoms with van der Waals surface area (Å²) >= 11 is 2.98. The van der Waals surface area contributed by atoms with E-state index in [1.165, 1.54) is 22.2 Å². The molecule has 3 heterocycles. The van der Waals surface area contributed by atoms with E-state index in [0.717, 1.165) is 31.7 Å². The number of β-lactam (4-membered cyclic amide) rings is 1. The quantitative estimate of drug-likeness (QED) is 0.609. The van der Waals surface area contributed by atoms with Gasteiger partial charge in [0.05, 0.1) is 16.3 Å². The molecule has 0 unspecified atom stereocenters. The van der Waals surface area contributed by atoms with Crippen molar-refractivity contribution in [3.8, 4) is 0 Å². The molecule has 0 spiro atoms. The number of hydrogen-bond acceptors (Lipinski definition) is 6. The Bertz CT molecular complexity index is 816. The summed E-state index contributed by atoms with van der Waals surface area (Å²) in [7, 11) is 0. The number of fused-ring (bicyclic) bond motifs is 1. The lowest BCUT2D eigenvalue weighted by Crippen LogP contribution is -2.61. The maximum atomic E-state index is 12.5. The van der Waals surface area contributed by atoms with Crippen LogP contribution in [0.1, 0.15) is 31.7 Å². The summed E-state index contributed by atoms with van der Waals surface area (Å²) in [6, 6.07) is 10.8. The maximum Gasteiger partial charge on any atom is 0.354 e. The highest BCUT2D eigenvalue weighted by molar-refractivity contribution is 8.22.